The molecule has 0 radical (unpaired) electrons. The van der Waals surface area contributed by atoms with Gasteiger partial charge < -0.3 is 14.5 Å². The van der Waals surface area contributed by atoms with Gasteiger partial charge in [-0.2, -0.15) is 0 Å². The van der Waals surface area contributed by atoms with Crippen LogP contribution < -0.4 is 9.64 Å². The van der Waals surface area contributed by atoms with Crippen molar-refractivity contribution in [2.24, 2.45) is 0 Å². The first-order valence-electron chi connectivity index (χ1n) is 9.71. The molecule has 0 bridgehead atoms. The van der Waals surface area contributed by atoms with Gasteiger partial charge >= 0.3 is 0 Å². The van der Waals surface area contributed by atoms with E-state index in [1.165, 1.54) is 4.88 Å². The number of carbonyl (C=O) groups is 1. The quantitative estimate of drug-likeness (QED) is 0.646. The maximum atomic E-state index is 12.4. The van der Waals surface area contributed by atoms with Gasteiger partial charge in [-0.3, -0.25) is 4.79 Å². The molecule has 7 heteroatoms. The van der Waals surface area contributed by atoms with Crippen molar-refractivity contribution in [2.75, 3.05) is 37.7 Å². The number of hydrogen-bond donors (Lipinski definition) is 0. The maximum Gasteiger partial charge on any atom is 0.260 e. The maximum absolute atomic E-state index is 12.4. The van der Waals surface area contributed by atoms with Crippen LogP contribution in [0.5, 0.6) is 5.75 Å². The summed E-state index contributed by atoms with van der Waals surface area (Å²) >= 11 is 1.69. The number of benzene rings is 1. The number of thiazole rings is 1. The highest BCUT2D eigenvalue weighted by Crippen LogP contribution is 2.27. The molecule has 1 amide bonds. The molecule has 0 spiro atoms. The highest BCUT2D eigenvalue weighted by Gasteiger charge is 2.22. The Hall–Kier alpha value is -2.93. The SMILES string of the molecule is Cc1nc(-c2ccc(N3CCN(C(=O)COc4ccccc4)CC3)nc2)sc1C. The number of para-hydroxylation sites is 1. The van der Waals surface area contributed by atoms with Crippen LogP contribution in [-0.4, -0.2) is 53.6 Å². The van der Waals surface area contributed by atoms with E-state index in [9.17, 15) is 4.79 Å². The van der Waals surface area contributed by atoms with E-state index in [0.717, 1.165) is 40.9 Å². The summed E-state index contributed by atoms with van der Waals surface area (Å²) in [6, 6.07) is 13.5. The molecule has 3 heterocycles. The molecule has 0 saturated carbocycles. The first-order chi connectivity index (χ1) is 14.1. The predicted octanol–water partition coefficient (Wildman–Crippen LogP) is 3.55. The molecule has 4 rings (SSSR count). The van der Waals surface area contributed by atoms with Gasteiger partial charge in [0.25, 0.3) is 5.91 Å². The van der Waals surface area contributed by atoms with E-state index < -0.39 is 0 Å². The second kappa shape index (κ2) is 8.61. The van der Waals surface area contributed by atoms with Crippen LogP contribution >= 0.6 is 11.3 Å². The van der Waals surface area contributed by atoms with E-state index in [4.69, 9.17) is 4.74 Å². The number of carbonyl (C=O) groups excluding carboxylic acids is 1. The van der Waals surface area contributed by atoms with Gasteiger partial charge in [0.1, 0.15) is 16.6 Å². The van der Waals surface area contributed by atoms with Gasteiger partial charge in [-0.1, -0.05) is 18.2 Å². The summed E-state index contributed by atoms with van der Waals surface area (Å²) in [5, 5.41) is 1.01. The Labute approximate surface area is 174 Å². The van der Waals surface area contributed by atoms with Crippen LogP contribution in [0, 0.1) is 13.8 Å². The Morgan fingerprint density at radius 3 is 2.45 bits per heavy atom. The van der Waals surface area contributed by atoms with Gasteiger partial charge in [0.05, 0.1) is 5.69 Å². The minimum atomic E-state index is 0.0197. The average Bonchev–Trinajstić information content (AvgIpc) is 3.11. The fourth-order valence-electron chi connectivity index (χ4n) is 3.23. The number of pyridine rings is 1. The lowest BCUT2D eigenvalue weighted by Crippen LogP contribution is -2.50. The van der Waals surface area contributed by atoms with Crippen LogP contribution in [0.3, 0.4) is 0 Å². The number of hydrogen-bond acceptors (Lipinski definition) is 6. The van der Waals surface area contributed by atoms with Crippen LogP contribution in [0.2, 0.25) is 0 Å². The third-order valence-corrected chi connectivity index (χ3v) is 6.21. The van der Waals surface area contributed by atoms with Gasteiger partial charge in [0.15, 0.2) is 6.61 Å². The molecule has 1 aliphatic heterocycles. The molecule has 29 heavy (non-hydrogen) atoms. The lowest BCUT2D eigenvalue weighted by molar-refractivity contribution is -0.133. The normalized spacial score (nSPS) is 14.1. The van der Waals surface area contributed by atoms with Crippen molar-refractivity contribution >= 4 is 23.1 Å². The Balaban J connectivity index is 1.30. The lowest BCUT2D eigenvalue weighted by atomic mass is 10.2. The molecule has 2 aromatic heterocycles. The average molecular weight is 409 g/mol. The molecule has 0 unspecified atom stereocenters. The lowest BCUT2D eigenvalue weighted by Gasteiger charge is -2.35. The second-order valence-corrected chi connectivity index (χ2v) is 8.24. The number of piperazine rings is 1. The Morgan fingerprint density at radius 1 is 1.07 bits per heavy atom. The van der Waals surface area contributed by atoms with E-state index in [1.807, 2.05) is 54.4 Å². The number of ether oxygens (including phenoxy) is 1. The van der Waals surface area contributed by atoms with Crippen LogP contribution in [0.4, 0.5) is 5.82 Å². The van der Waals surface area contributed by atoms with Gasteiger partial charge in [-0.05, 0) is 38.1 Å². The summed E-state index contributed by atoms with van der Waals surface area (Å²) in [4.78, 5) is 26.9. The largest absolute Gasteiger partial charge is 0.484 e. The van der Waals surface area contributed by atoms with Crippen molar-refractivity contribution in [3.05, 3.63) is 59.2 Å². The standard InChI is InChI=1S/C22H24N4O2S/c1-16-17(2)29-22(24-16)18-8-9-20(23-14-18)25-10-12-26(13-11-25)21(27)15-28-19-6-4-3-5-7-19/h3-9,14H,10-13,15H2,1-2H3. The topological polar surface area (TPSA) is 58.6 Å². The number of aryl methyl sites for hydroxylation is 2. The van der Waals surface area contributed by atoms with Crippen molar-refractivity contribution in [1.29, 1.82) is 0 Å². The van der Waals surface area contributed by atoms with E-state index in [2.05, 4.69) is 27.9 Å². The minimum Gasteiger partial charge on any atom is -0.484 e. The van der Waals surface area contributed by atoms with Crippen LogP contribution in [-0.2, 0) is 4.79 Å². The highest BCUT2D eigenvalue weighted by atomic mass is 32.1. The Bertz CT molecular complexity index is 945. The zero-order valence-corrected chi connectivity index (χ0v) is 17.5. The molecule has 1 aromatic carbocycles. The second-order valence-electron chi connectivity index (χ2n) is 7.04. The van der Waals surface area contributed by atoms with Gasteiger partial charge in [0.2, 0.25) is 0 Å². The fourth-order valence-corrected chi connectivity index (χ4v) is 4.14. The molecule has 1 fully saturated rings. The third kappa shape index (κ3) is 4.56. The van der Waals surface area contributed by atoms with E-state index in [0.29, 0.717) is 13.1 Å². The summed E-state index contributed by atoms with van der Waals surface area (Å²) in [5.74, 6) is 1.67. The molecule has 0 N–H and O–H groups in total. The molecular formula is C22H24N4O2S. The van der Waals surface area contributed by atoms with Gasteiger partial charge in [0, 0.05) is 42.8 Å². The number of amides is 1. The molecule has 1 saturated heterocycles. The van der Waals surface area contributed by atoms with Crippen LogP contribution in [0.25, 0.3) is 10.6 Å². The first-order valence-corrected chi connectivity index (χ1v) is 10.5. The van der Waals surface area contributed by atoms with Crippen molar-refractivity contribution in [1.82, 2.24) is 14.9 Å². The molecule has 1 aliphatic rings. The zero-order chi connectivity index (χ0) is 20.2. The summed E-state index contributed by atoms with van der Waals surface area (Å²) < 4.78 is 5.58. The number of nitrogens with zero attached hydrogens (tertiary/aromatic N) is 4. The van der Waals surface area contributed by atoms with Crippen molar-refractivity contribution in [2.45, 2.75) is 13.8 Å². The van der Waals surface area contributed by atoms with Crippen LogP contribution in [0.1, 0.15) is 10.6 Å². The predicted molar refractivity (Wildman–Crippen MR) is 116 cm³/mol. The highest BCUT2D eigenvalue weighted by molar-refractivity contribution is 7.15. The summed E-state index contributed by atoms with van der Waals surface area (Å²) in [7, 11) is 0. The first kappa shape index (κ1) is 19.4. The van der Waals surface area contributed by atoms with Crippen molar-refractivity contribution in [3.8, 4) is 16.3 Å². The minimum absolute atomic E-state index is 0.0197. The van der Waals surface area contributed by atoms with Crippen molar-refractivity contribution in [3.63, 3.8) is 0 Å². The summed E-state index contributed by atoms with van der Waals surface area (Å²) in [5.41, 5.74) is 2.12. The van der Waals surface area contributed by atoms with E-state index >= 15 is 0 Å². The van der Waals surface area contributed by atoms with E-state index in [-0.39, 0.29) is 12.5 Å². The fraction of sp³-hybridized carbons (Fsp3) is 0.318. The number of anilines is 1. The molecule has 150 valence electrons. The zero-order valence-electron chi connectivity index (χ0n) is 16.7. The molecule has 3 aromatic rings. The van der Waals surface area contributed by atoms with E-state index in [1.54, 1.807) is 11.3 Å². The molecular weight excluding hydrogens is 384 g/mol. The van der Waals surface area contributed by atoms with Gasteiger partial charge in [-0.15, -0.1) is 11.3 Å². The summed E-state index contributed by atoms with van der Waals surface area (Å²) in [6.45, 7) is 7.06. The monoisotopic (exact) mass is 408 g/mol. The Morgan fingerprint density at radius 2 is 1.83 bits per heavy atom. The van der Waals surface area contributed by atoms with Crippen LogP contribution in [0.15, 0.2) is 48.7 Å². The Kier molecular flexibility index (Phi) is 5.76. The molecule has 6 nitrogen and oxygen atoms in total. The number of rotatable bonds is 5. The van der Waals surface area contributed by atoms with Crippen molar-refractivity contribution < 1.29 is 9.53 Å². The summed E-state index contributed by atoms with van der Waals surface area (Å²) in [6.07, 6.45) is 1.89. The molecule has 0 atom stereocenters. The van der Waals surface area contributed by atoms with Gasteiger partial charge in [-0.25, -0.2) is 9.97 Å². The molecule has 0 aliphatic carbocycles. The third-order valence-electron chi connectivity index (χ3n) is 5.09. The number of aromatic nitrogens is 2. The smallest absolute Gasteiger partial charge is 0.260 e.